The SMILES string of the molecule is CCC(COC(=O)C(C)CC)NS(=O)(=O)C(F)(F)F. The Labute approximate surface area is 110 Å². The van der Waals surface area contributed by atoms with E-state index in [4.69, 9.17) is 4.74 Å². The molecule has 1 N–H and O–H groups in total. The van der Waals surface area contributed by atoms with E-state index < -0.39 is 34.1 Å². The van der Waals surface area contributed by atoms with Gasteiger partial charge in [-0.3, -0.25) is 4.79 Å². The average Bonchev–Trinajstić information content (AvgIpc) is 2.31. The molecule has 2 unspecified atom stereocenters. The maximum absolute atomic E-state index is 12.2. The standard InChI is InChI=1S/C10H18F3NO4S/c1-4-7(3)9(15)18-6-8(5-2)14-19(16,17)10(11,12)13/h7-8,14H,4-6H2,1-3H3. The fourth-order valence-corrected chi connectivity index (χ4v) is 1.82. The molecule has 0 saturated carbocycles. The number of halogens is 3. The van der Waals surface area contributed by atoms with Gasteiger partial charge in [0, 0.05) is 0 Å². The molecule has 0 aromatic heterocycles. The van der Waals surface area contributed by atoms with E-state index in [2.05, 4.69) is 0 Å². The highest BCUT2D eigenvalue weighted by Crippen LogP contribution is 2.22. The molecule has 0 aliphatic rings. The molecule has 0 aliphatic heterocycles. The zero-order valence-electron chi connectivity index (χ0n) is 11.0. The average molecular weight is 305 g/mol. The van der Waals surface area contributed by atoms with Gasteiger partial charge in [-0.15, -0.1) is 0 Å². The Morgan fingerprint density at radius 3 is 2.16 bits per heavy atom. The van der Waals surface area contributed by atoms with Gasteiger partial charge in [-0.25, -0.2) is 13.1 Å². The minimum atomic E-state index is -5.42. The molecule has 0 aromatic rings. The van der Waals surface area contributed by atoms with Gasteiger partial charge in [-0.05, 0) is 12.8 Å². The fraction of sp³-hybridized carbons (Fsp3) is 0.900. The molecule has 0 aromatic carbocycles. The molecule has 0 radical (unpaired) electrons. The Morgan fingerprint density at radius 2 is 1.79 bits per heavy atom. The Hall–Kier alpha value is -0.830. The summed E-state index contributed by atoms with van der Waals surface area (Å²) in [6.45, 7) is 4.44. The monoisotopic (exact) mass is 305 g/mol. The first-order valence-electron chi connectivity index (χ1n) is 5.80. The van der Waals surface area contributed by atoms with Gasteiger partial charge in [-0.2, -0.15) is 13.2 Å². The third-order valence-corrected chi connectivity index (χ3v) is 3.81. The molecule has 0 bridgehead atoms. The Kier molecular flexibility index (Phi) is 6.78. The molecule has 0 aliphatic carbocycles. The van der Waals surface area contributed by atoms with Crippen molar-refractivity contribution in [3.63, 3.8) is 0 Å². The van der Waals surface area contributed by atoms with Crippen LogP contribution in [0.1, 0.15) is 33.6 Å². The molecular weight excluding hydrogens is 287 g/mol. The first kappa shape index (κ1) is 18.2. The number of alkyl halides is 3. The molecular formula is C10H18F3NO4S. The highest BCUT2D eigenvalue weighted by atomic mass is 32.2. The normalized spacial score (nSPS) is 15.9. The number of hydrogen-bond donors (Lipinski definition) is 1. The predicted molar refractivity (Wildman–Crippen MR) is 62.6 cm³/mol. The van der Waals surface area contributed by atoms with Gasteiger partial charge in [0.15, 0.2) is 0 Å². The summed E-state index contributed by atoms with van der Waals surface area (Å²) in [5, 5.41) is 0. The minimum absolute atomic E-state index is 0.0725. The lowest BCUT2D eigenvalue weighted by molar-refractivity contribution is -0.148. The second-order valence-corrected chi connectivity index (χ2v) is 5.82. The summed E-state index contributed by atoms with van der Waals surface area (Å²) in [7, 11) is -5.42. The van der Waals surface area contributed by atoms with Gasteiger partial charge in [0.1, 0.15) is 6.61 Å². The smallest absolute Gasteiger partial charge is 0.464 e. The van der Waals surface area contributed by atoms with Crippen LogP contribution in [-0.2, 0) is 19.6 Å². The van der Waals surface area contributed by atoms with Crippen LogP contribution < -0.4 is 4.72 Å². The van der Waals surface area contributed by atoms with Crippen LogP contribution >= 0.6 is 0 Å². The number of carbonyl (C=O) groups is 1. The molecule has 19 heavy (non-hydrogen) atoms. The molecule has 0 saturated heterocycles. The molecule has 9 heteroatoms. The lowest BCUT2D eigenvalue weighted by Crippen LogP contribution is -2.44. The van der Waals surface area contributed by atoms with Crippen molar-refractivity contribution >= 4 is 16.0 Å². The van der Waals surface area contributed by atoms with Crippen LogP contribution in [0.15, 0.2) is 0 Å². The van der Waals surface area contributed by atoms with E-state index in [0.717, 1.165) is 0 Å². The molecule has 2 atom stereocenters. The van der Waals surface area contributed by atoms with Crippen LogP contribution in [0.4, 0.5) is 13.2 Å². The molecule has 0 rings (SSSR count). The van der Waals surface area contributed by atoms with Crippen molar-refractivity contribution in [1.29, 1.82) is 0 Å². The quantitative estimate of drug-likeness (QED) is 0.728. The van der Waals surface area contributed by atoms with Crippen LogP contribution in [0.3, 0.4) is 0 Å². The molecule has 114 valence electrons. The lowest BCUT2D eigenvalue weighted by atomic mass is 10.1. The number of esters is 1. The van der Waals surface area contributed by atoms with E-state index in [1.54, 1.807) is 13.8 Å². The number of hydrogen-bond acceptors (Lipinski definition) is 4. The van der Waals surface area contributed by atoms with Crippen molar-refractivity contribution in [2.45, 2.75) is 45.2 Å². The maximum Gasteiger partial charge on any atom is 0.511 e. The summed E-state index contributed by atoms with van der Waals surface area (Å²) in [6.07, 6.45) is 0.604. The van der Waals surface area contributed by atoms with Gasteiger partial charge < -0.3 is 4.74 Å². The van der Waals surface area contributed by atoms with Gasteiger partial charge in [0.25, 0.3) is 0 Å². The Balaban J connectivity index is 4.51. The third-order valence-electron chi connectivity index (χ3n) is 2.56. The second-order valence-electron chi connectivity index (χ2n) is 4.11. The summed E-state index contributed by atoms with van der Waals surface area (Å²) < 4.78 is 64.5. The van der Waals surface area contributed by atoms with Gasteiger partial charge >= 0.3 is 21.5 Å². The predicted octanol–water partition coefficient (Wildman–Crippen LogP) is 1.79. The van der Waals surface area contributed by atoms with Gasteiger partial charge in [0.2, 0.25) is 0 Å². The largest absolute Gasteiger partial charge is 0.511 e. The summed E-state index contributed by atoms with van der Waals surface area (Å²) in [4.78, 5) is 11.3. The second kappa shape index (κ2) is 7.09. The van der Waals surface area contributed by atoms with Gasteiger partial charge in [-0.1, -0.05) is 20.8 Å². The zero-order chi connectivity index (χ0) is 15.3. The number of rotatable bonds is 7. The Bertz CT molecular complexity index is 394. The van der Waals surface area contributed by atoms with E-state index in [1.165, 1.54) is 11.6 Å². The third kappa shape index (κ3) is 5.77. The maximum atomic E-state index is 12.2. The molecule has 0 spiro atoms. The first-order valence-corrected chi connectivity index (χ1v) is 7.28. The number of sulfonamides is 1. The highest BCUT2D eigenvalue weighted by molar-refractivity contribution is 7.90. The zero-order valence-corrected chi connectivity index (χ0v) is 11.8. The van der Waals surface area contributed by atoms with Crippen LogP contribution in [0.25, 0.3) is 0 Å². The Morgan fingerprint density at radius 1 is 1.26 bits per heavy atom. The highest BCUT2D eigenvalue weighted by Gasteiger charge is 2.46. The van der Waals surface area contributed by atoms with Crippen molar-refractivity contribution in [2.75, 3.05) is 6.61 Å². The van der Waals surface area contributed by atoms with Crippen molar-refractivity contribution < 1.29 is 31.1 Å². The molecule has 0 fully saturated rings. The van der Waals surface area contributed by atoms with E-state index >= 15 is 0 Å². The first-order chi connectivity index (χ1) is 8.55. The van der Waals surface area contributed by atoms with E-state index in [1.807, 2.05) is 0 Å². The molecule has 0 heterocycles. The summed E-state index contributed by atoms with van der Waals surface area (Å²) in [6, 6.07) is -1.10. The minimum Gasteiger partial charge on any atom is -0.464 e. The number of nitrogens with one attached hydrogen (secondary N) is 1. The van der Waals surface area contributed by atoms with E-state index in [-0.39, 0.29) is 12.3 Å². The van der Waals surface area contributed by atoms with Crippen molar-refractivity contribution in [3.05, 3.63) is 0 Å². The van der Waals surface area contributed by atoms with Crippen LogP contribution in [0, 0.1) is 5.92 Å². The fourth-order valence-electron chi connectivity index (χ4n) is 1.01. The van der Waals surface area contributed by atoms with Crippen LogP contribution in [0.2, 0.25) is 0 Å². The van der Waals surface area contributed by atoms with E-state index in [0.29, 0.717) is 6.42 Å². The summed E-state index contributed by atoms with van der Waals surface area (Å²) in [5.74, 6) is -0.941. The molecule has 0 amide bonds. The van der Waals surface area contributed by atoms with Crippen LogP contribution in [0.5, 0.6) is 0 Å². The molecule has 5 nitrogen and oxygen atoms in total. The van der Waals surface area contributed by atoms with Crippen LogP contribution in [-0.4, -0.2) is 32.5 Å². The topological polar surface area (TPSA) is 72.5 Å². The van der Waals surface area contributed by atoms with Crippen molar-refractivity contribution in [3.8, 4) is 0 Å². The van der Waals surface area contributed by atoms with E-state index in [9.17, 15) is 26.4 Å². The van der Waals surface area contributed by atoms with Gasteiger partial charge in [0.05, 0.1) is 12.0 Å². The van der Waals surface area contributed by atoms with Crippen molar-refractivity contribution in [2.24, 2.45) is 5.92 Å². The van der Waals surface area contributed by atoms with Crippen molar-refractivity contribution in [1.82, 2.24) is 4.72 Å². The summed E-state index contributed by atoms with van der Waals surface area (Å²) in [5.41, 5.74) is -5.37. The lowest BCUT2D eigenvalue weighted by Gasteiger charge is -2.19. The number of carbonyl (C=O) groups excluding carboxylic acids is 1. The number of ether oxygens (including phenoxy) is 1. The summed E-state index contributed by atoms with van der Waals surface area (Å²) >= 11 is 0.